The molecule has 0 radical (unpaired) electrons. The van der Waals surface area contributed by atoms with E-state index in [1.54, 1.807) is 0 Å². The van der Waals surface area contributed by atoms with Crippen molar-refractivity contribution in [3.63, 3.8) is 0 Å². The molecular weight excluding hydrogens is 156 g/mol. The Morgan fingerprint density at radius 1 is 0.846 bits per heavy atom. The highest BCUT2D eigenvalue weighted by Crippen LogP contribution is 2.07. The van der Waals surface area contributed by atoms with Crippen LogP contribution in [0, 0.1) is 33.6 Å². The van der Waals surface area contributed by atoms with Crippen molar-refractivity contribution in [2.45, 2.75) is 34.6 Å². The second-order valence-electron chi connectivity index (χ2n) is 2.59. The van der Waals surface area contributed by atoms with Gasteiger partial charge in [-0.15, -0.1) is 12.8 Å². The van der Waals surface area contributed by atoms with Crippen LogP contribution >= 0.6 is 0 Å². The van der Waals surface area contributed by atoms with Crippen LogP contribution in [0.5, 0.6) is 0 Å². The third-order valence-corrected chi connectivity index (χ3v) is 1.66. The molecule has 0 aliphatic heterocycles. The Bertz CT molecular complexity index is 243. The summed E-state index contributed by atoms with van der Waals surface area (Å²) in [5, 5.41) is 0. The van der Waals surface area contributed by atoms with Crippen LogP contribution in [-0.4, -0.2) is 0 Å². The van der Waals surface area contributed by atoms with E-state index in [9.17, 15) is 0 Å². The molecule has 0 saturated heterocycles. The van der Waals surface area contributed by atoms with Gasteiger partial charge in [-0.3, -0.25) is 0 Å². The lowest BCUT2D eigenvalue weighted by molar-refractivity contribution is 1.30. The highest BCUT2D eigenvalue weighted by molar-refractivity contribution is 5.28. The molecule has 0 aliphatic carbocycles. The summed E-state index contributed by atoms with van der Waals surface area (Å²) in [5.74, 6) is 0. The maximum Gasteiger partial charge on any atom is -0.0395 e. The van der Waals surface area contributed by atoms with Crippen LogP contribution in [0.2, 0.25) is 0 Å². The van der Waals surface area contributed by atoms with Crippen LogP contribution in [0.25, 0.3) is 0 Å². The third-order valence-electron chi connectivity index (χ3n) is 1.66. The van der Waals surface area contributed by atoms with E-state index in [1.165, 1.54) is 16.7 Å². The largest absolute Gasteiger partial charge is 0.124 e. The Balaban J connectivity index is 0. The molecule has 72 valence electrons. The lowest BCUT2D eigenvalue weighted by Crippen LogP contribution is -1.79. The molecule has 0 nitrogen and oxygen atoms in total. The molecule has 1 aromatic carbocycles. The predicted octanol–water partition coefficient (Wildman–Crippen LogP) is 3.89. The number of aryl methyl sites for hydroxylation is 3. The van der Waals surface area contributed by atoms with Gasteiger partial charge in [-0.2, -0.15) is 0 Å². The summed E-state index contributed by atoms with van der Waals surface area (Å²) in [7, 11) is 0. The summed E-state index contributed by atoms with van der Waals surface area (Å²) < 4.78 is 0. The Hall–Kier alpha value is -1.22. The normalized spacial score (nSPS) is 7.31. The van der Waals surface area contributed by atoms with Crippen LogP contribution in [-0.2, 0) is 0 Å². The first kappa shape index (κ1) is 14.3. The minimum atomic E-state index is 1.35. The van der Waals surface area contributed by atoms with Crippen molar-refractivity contribution < 1.29 is 0 Å². The van der Waals surface area contributed by atoms with Crippen molar-refractivity contribution in [2.75, 3.05) is 0 Å². The quantitative estimate of drug-likeness (QED) is 0.526. The van der Waals surface area contributed by atoms with Crippen LogP contribution in [0.4, 0.5) is 0 Å². The summed E-state index contributed by atoms with van der Waals surface area (Å²) in [6.45, 7) is 10.4. The minimum Gasteiger partial charge on any atom is -0.124 e. The van der Waals surface area contributed by atoms with Gasteiger partial charge in [0, 0.05) is 0 Å². The second-order valence-corrected chi connectivity index (χ2v) is 2.59. The van der Waals surface area contributed by atoms with Crippen LogP contribution in [0.3, 0.4) is 0 Å². The van der Waals surface area contributed by atoms with Crippen LogP contribution < -0.4 is 0 Å². The van der Waals surface area contributed by atoms with Crippen molar-refractivity contribution in [3.05, 3.63) is 34.9 Å². The Morgan fingerprint density at radius 3 is 1.62 bits per heavy atom. The summed E-state index contributed by atoms with van der Waals surface area (Å²) in [6.07, 6.45) is 8.00. The van der Waals surface area contributed by atoms with Gasteiger partial charge >= 0.3 is 0 Å². The molecular formula is C13H20. The molecule has 0 aliphatic rings. The highest BCUT2D eigenvalue weighted by Gasteiger charge is 1.89. The van der Waals surface area contributed by atoms with Crippen molar-refractivity contribution in [2.24, 2.45) is 0 Å². The maximum absolute atomic E-state index is 4.00. The van der Waals surface area contributed by atoms with Gasteiger partial charge < -0.3 is 0 Å². The number of hydrogen-bond acceptors (Lipinski definition) is 0. The fraction of sp³-hybridized carbons (Fsp3) is 0.385. The van der Waals surface area contributed by atoms with Gasteiger partial charge in [0.05, 0.1) is 0 Å². The number of benzene rings is 1. The molecule has 0 bridgehead atoms. The fourth-order valence-corrected chi connectivity index (χ4v) is 0.891. The van der Waals surface area contributed by atoms with E-state index in [2.05, 4.69) is 51.8 Å². The molecule has 0 heteroatoms. The van der Waals surface area contributed by atoms with Gasteiger partial charge in [-0.05, 0) is 31.9 Å². The molecule has 1 aromatic rings. The molecule has 0 spiro atoms. The van der Waals surface area contributed by atoms with E-state index >= 15 is 0 Å². The van der Waals surface area contributed by atoms with E-state index in [4.69, 9.17) is 0 Å². The zero-order valence-electron chi connectivity index (χ0n) is 9.39. The molecule has 0 unspecified atom stereocenters. The van der Waals surface area contributed by atoms with Gasteiger partial charge in [0.2, 0.25) is 0 Å². The minimum absolute atomic E-state index is 1.35. The average molecular weight is 176 g/mol. The zero-order valence-corrected chi connectivity index (χ0v) is 9.39. The van der Waals surface area contributed by atoms with Gasteiger partial charge in [0.25, 0.3) is 0 Å². The predicted molar refractivity (Wildman–Crippen MR) is 61.9 cm³/mol. The first-order valence-corrected chi connectivity index (χ1v) is 4.57. The monoisotopic (exact) mass is 176 g/mol. The lowest BCUT2D eigenvalue weighted by atomic mass is 10.1. The molecule has 0 atom stereocenters. The number of terminal acetylenes is 1. The molecule has 0 saturated carbocycles. The van der Waals surface area contributed by atoms with Gasteiger partial charge in [-0.1, -0.05) is 37.6 Å². The fourth-order valence-electron chi connectivity index (χ4n) is 0.891. The van der Waals surface area contributed by atoms with Crippen molar-refractivity contribution in [1.29, 1.82) is 0 Å². The molecule has 0 aromatic heterocycles. The second kappa shape index (κ2) is 8.87. The van der Waals surface area contributed by atoms with E-state index < -0.39 is 0 Å². The summed E-state index contributed by atoms with van der Waals surface area (Å²) >= 11 is 0. The Labute approximate surface area is 83.0 Å². The van der Waals surface area contributed by atoms with Gasteiger partial charge in [0.15, 0.2) is 0 Å². The Kier molecular flexibility index (Phi) is 9.77. The number of hydrogen-bond donors (Lipinski definition) is 0. The van der Waals surface area contributed by atoms with E-state index in [-0.39, 0.29) is 0 Å². The zero-order chi connectivity index (χ0) is 10.9. The molecule has 0 heterocycles. The van der Waals surface area contributed by atoms with Crippen molar-refractivity contribution in [3.8, 4) is 12.8 Å². The first-order valence-electron chi connectivity index (χ1n) is 4.57. The lowest BCUT2D eigenvalue weighted by Gasteiger charge is -1.98. The molecule has 0 amide bonds. The first-order chi connectivity index (χ1) is 6.20. The highest BCUT2D eigenvalue weighted by atomic mass is 13.9. The summed E-state index contributed by atoms with van der Waals surface area (Å²) in [6, 6.07) is 6.50. The summed E-state index contributed by atoms with van der Waals surface area (Å²) in [4.78, 5) is 0. The van der Waals surface area contributed by atoms with Crippen molar-refractivity contribution in [1.82, 2.24) is 0 Å². The third kappa shape index (κ3) is 5.99. The maximum atomic E-state index is 4.00. The van der Waals surface area contributed by atoms with Gasteiger partial charge in [-0.25, -0.2) is 0 Å². The van der Waals surface area contributed by atoms with Crippen LogP contribution in [0.1, 0.15) is 30.5 Å². The van der Waals surface area contributed by atoms with E-state index in [0.29, 0.717) is 0 Å². The van der Waals surface area contributed by atoms with Crippen molar-refractivity contribution >= 4 is 0 Å². The smallest absolute Gasteiger partial charge is 0.0395 e. The topological polar surface area (TPSA) is 0 Å². The Morgan fingerprint density at radius 2 is 1.31 bits per heavy atom. The molecule has 13 heavy (non-hydrogen) atoms. The molecule has 0 N–H and O–H groups in total. The average Bonchev–Trinajstić information content (AvgIpc) is 2.18. The summed E-state index contributed by atoms with van der Waals surface area (Å²) in [5.41, 5.74) is 4.11. The molecule has 1 rings (SSSR count). The van der Waals surface area contributed by atoms with E-state index in [0.717, 1.165) is 0 Å². The van der Waals surface area contributed by atoms with E-state index in [1.807, 2.05) is 13.8 Å². The van der Waals surface area contributed by atoms with Gasteiger partial charge in [0.1, 0.15) is 0 Å². The molecule has 0 fully saturated rings. The SMILES string of the molecule is C#C.CC.Cc1ccc(C)c(C)c1. The standard InChI is InChI=1S/C9H12.C2H6.C2H2/c1-7-4-5-8(2)9(3)6-7;2*1-2/h4-6H,1-3H3;1-2H3;1-2H. The van der Waals surface area contributed by atoms with Crippen LogP contribution in [0.15, 0.2) is 18.2 Å². The number of rotatable bonds is 0.